The molecule has 2 aliphatic carbocycles. The van der Waals surface area contributed by atoms with E-state index >= 15 is 0 Å². The van der Waals surface area contributed by atoms with E-state index in [9.17, 15) is 4.79 Å². The summed E-state index contributed by atoms with van der Waals surface area (Å²) in [5, 5.41) is 0. The molecule has 3 nitrogen and oxygen atoms in total. The lowest BCUT2D eigenvalue weighted by Crippen LogP contribution is -2.22. The van der Waals surface area contributed by atoms with Gasteiger partial charge >= 0.3 is 5.97 Å². The fourth-order valence-electron chi connectivity index (χ4n) is 2.05. The molecule has 78 valence electrons. The van der Waals surface area contributed by atoms with Crippen LogP contribution < -0.4 is 0 Å². The highest BCUT2D eigenvalue weighted by Gasteiger charge is 2.57. The maximum Gasteiger partial charge on any atom is 0.357 e. The number of nitrogens with zero attached hydrogens (tertiary/aromatic N) is 1. The van der Waals surface area contributed by atoms with Crippen molar-refractivity contribution in [3.63, 3.8) is 0 Å². The van der Waals surface area contributed by atoms with Gasteiger partial charge in [-0.2, -0.15) is 0 Å². The monoisotopic (exact) mass is 203 g/mol. The fourth-order valence-corrected chi connectivity index (χ4v) is 2.05. The second-order valence-electron chi connectivity index (χ2n) is 4.44. The highest BCUT2D eigenvalue weighted by molar-refractivity contribution is 5.87. The number of esters is 1. The average molecular weight is 203 g/mol. The largest absolute Gasteiger partial charge is 0.454 e. The van der Waals surface area contributed by atoms with Crippen LogP contribution in [-0.2, 0) is 4.74 Å². The molecule has 15 heavy (non-hydrogen) atoms. The quantitative estimate of drug-likeness (QED) is 0.707. The van der Waals surface area contributed by atoms with Crippen LogP contribution in [0, 0.1) is 5.92 Å². The van der Waals surface area contributed by atoms with Crippen molar-refractivity contribution in [1.82, 2.24) is 4.98 Å². The smallest absolute Gasteiger partial charge is 0.357 e. The van der Waals surface area contributed by atoms with Crippen molar-refractivity contribution in [3.8, 4) is 0 Å². The summed E-state index contributed by atoms with van der Waals surface area (Å²) in [5.74, 6) is 0.366. The molecular weight excluding hydrogens is 190 g/mol. The first-order valence-corrected chi connectivity index (χ1v) is 5.45. The van der Waals surface area contributed by atoms with Crippen LogP contribution in [0.15, 0.2) is 24.4 Å². The van der Waals surface area contributed by atoms with Gasteiger partial charge in [-0.25, -0.2) is 9.78 Å². The van der Waals surface area contributed by atoms with Gasteiger partial charge in [0.1, 0.15) is 11.3 Å². The van der Waals surface area contributed by atoms with Gasteiger partial charge in [-0.05, 0) is 43.7 Å². The van der Waals surface area contributed by atoms with E-state index in [1.165, 1.54) is 12.8 Å². The van der Waals surface area contributed by atoms with Crippen LogP contribution in [0.25, 0.3) is 0 Å². The predicted octanol–water partition coefficient (Wildman–Crippen LogP) is 2.18. The van der Waals surface area contributed by atoms with Gasteiger partial charge in [0.15, 0.2) is 0 Å². The van der Waals surface area contributed by atoms with Crippen LogP contribution in [0.1, 0.15) is 36.2 Å². The Kier molecular flexibility index (Phi) is 1.81. The Morgan fingerprint density at radius 1 is 1.40 bits per heavy atom. The van der Waals surface area contributed by atoms with Crippen molar-refractivity contribution in [3.05, 3.63) is 30.1 Å². The van der Waals surface area contributed by atoms with E-state index in [0.717, 1.165) is 12.8 Å². The van der Waals surface area contributed by atoms with E-state index in [1.807, 2.05) is 0 Å². The Morgan fingerprint density at radius 2 is 2.20 bits per heavy atom. The lowest BCUT2D eigenvalue weighted by molar-refractivity contribution is 0.0153. The van der Waals surface area contributed by atoms with Crippen LogP contribution in [0.5, 0.6) is 0 Å². The minimum Gasteiger partial charge on any atom is -0.454 e. The normalized spacial score (nSPS) is 22.1. The van der Waals surface area contributed by atoms with E-state index in [1.54, 1.807) is 24.4 Å². The third-order valence-corrected chi connectivity index (χ3v) is 3.23. The minimum absolute atomic E-state index is 0.103. The molecule has 0 aliphatic heterocycles. The molecule has 1 aromatic heterocycles. The number of hydrogen-bond donors (Lipinski definition) is 0. The van der Waals surface area contributed by atoms with Gasteiger partial charge in [0.2, 0.25) is 0 Å². The lowest BCUT2D eigenvalue weighted by Gasteiger charge is -2.14. The van der Waals surface area contributed by atoms with Gasteiger partial charge in [0.05, 0.1) is 0 Å². The average Bonchev–Trinajstić information content (AvgIpc) is 3.12. The first-order valence-electron chi connectivity index (χ1n) is 5.45. The van der Waals surface area contributed by atoms with E-state index in [-0.39, 0.29) is 11.6 Å². The summed E-state index contributed by atoms with van der Waals surface area (Å²) >= 11 is 0. The molecule has 0 unspecified atom stereocenters. The zero-order valence-electron chi connectivity index (χ0n) is 8.48. The summed E-state index contributed by atoms with van der Waals surface area (Å²) < 4.78 is 5.56. The van der Waals surface area contributed by atoms with Crippen molar-refractivity contribution in [1.29, 1.82) is 0 Å². The first kappa shape index (κ1) is 8.89. The number of carbonyl (C=O) groups is 1. The molecular formula is C12H13NO2. The zero-order chi connectivity index (χ0) is 10.3. The topological polar surface area (TPSA) is 39.2 Å². The van der Waals surface area contributed by atoms with Crippen LogP contribution in [0.3, 0.4) is 0 Å². The second kappa shape index (κ2) is 3.05. The SMILES string of the molecule is O=C(OC1(C2CC2)CC1)c1ccccn1. The Morgan fingerprint density at radius 3 is 2.73 bits per heavy atom. The maximum absolute atomic E-state index is 11.7. The van der Waals surface area contributed by atoms with E-state index in [0.29, 0.717) is 11.6 Å². The second-order valence-corrected chi connectivity index (χ2v) is 4.44. The van der Waals surface area contributed by atoms with Gasteiger partial charge in [0, 0.05) is 6.20 Å². The number of ether oxygens (including phenoxy) is 1. The van der Waals surface area contributed by atoms with Gasteiger partial charge < -0.3 is 4.74 Å². The first-order chi connectivity index (χ1) is 7.30. The summed E-state index contributed by atoms with van der Waals surface area (Å²) in [4.78, 5) is 15.7. The minimum atomic E-state index is -0.264. The molecule has 2 saturated carbocycles. The predicted molar refractivity (Wildman–Crippen MR) is 54.3 cm³/mol. The van der Waals surface area contributed by atoms with Gasteiger partial charge in [-0.3, -0.25) is 0 Å². The Hall–Kier alpha value is -1.38. The van der Waals surface area contributed by atoms with Crippen LogP contribution in [0.2, 0.25) is 0 Å². The molecule has 0 N–H and O–H groups in total. The molecule has 1 aromatic rings. The molecule has 0 radical (unpaired) electrons. The molecule has 1 heterocycles. The summed E-state index contributed by atoms with van der Waals surface area (Å²) in [6, 6.07) is 5.30. The number of rotatable bonds is 3. The van der Waals surface area contributed by atoms with Gasteiger partial charge in [-0.1, -0.05) is 6.07 Å². The van der Waals surface area contributed by atoms with Gasteiger partial charge in [0.25, 0.3) is 0 Å². The molecule has 0 atom stereocenters. The Bertz CT molecular complexity index is 380. The number of pyridine rings is 1. The summed E-state index contributed by atoms with van der Waals surface area (Å²) in [6.07, 6.45) is 6.13. The van der Waals surface area contributed by atoms with Crippen LogP contribution >= 0.6 is 0 Å². The van der Waals surface area contributed by atoms with E-state index in [2.05, 4.69) is 4.98 Å². The summed E-state index contributed by atoms with van der Waals surface area (Å²) in [5.41, 5.74) is 0.318. The summed E-state index contributed by atoms with van der Waals surface area (Å²) in [6.45, 7) is 0. The molecule has 0 bridgehead atoms. The van der Waals surface area contributed by atoms with Crippen LogP contribution in [0.4, 0.5) is 0 Å². The number of aromatic nitrogens is 1. The van der Waals surface area contributed by atoms with Crippen molar-refractivity contribution < 1.29 is 9.53 Å². The van der Waals surface area contributed by atoms with E-state index in [4.69, 9.17) is 4.74 Å². The highest BCUT2D eigenvalue weighted by atomic mass is 16.6. The standard InChI is InChI=1S/C12H13NO2/c14-11(10-3-1-2-8-13-10)15-12(6-7-12)9-4-5-9/h1-3,8-9H,4-7H2. The number of hydrogen-bond acceptors (Lipinski definition) is 3. The fraction of sp³-hybridized carbons (Fsp3) is 0.500. The zero-order valence-corrected chi connectivity index (χ0v) is 8.48. The van der Waals surface area contributed by atoms with Crippen LogP contribution in [-0.4, -0.2) is 16.6 Å². The third-order valence-electron chi connectivity index (χ3n) is 3.23. The molecule has 0 spiro atoms. The van der Waals surface area contributed by atoms with Gasteiger partial charge in [-0.15, -0.1) is 0 Å². The van der Waals surface area contributed by atoms with Crippen molar-refractivity contribution in [2.45, 2.75) is 31.3 Å². The highest BCUT2D eigenvalue weighted by Crippen LogP contribution is 2.56. The third kappa shape index (κ3) is 1.62. The molecule has 3 heteroatoms. The molecule has 2 fully saturated rings. The molecule has 0 saturated heterocycles. The van der Waals surface area contributed by atoms with Crippen molar-refractivity contribution in [2.24, 2.45) is 5.92 Å². The Balaban J connectivity index is 1.71. The van der Waals surface area contributed by atoms with Crippen molar-refractivity contribution >= 4 is 5.97 Å². The Labute approximate surface area is 88.5 Å². The molecule has 0 aromatic carbocycles. The molecule has 2 aliphatic rings. The molecule has 0 amide bonds. The molecule has 3 rings (SSSR count). The van der Waals surface area contributed by atoms with Crippen molar-refractivity contribution in [2.75, 3.05) is 0 Å². The number of carbonyl (C=O) groups excluding carboxylic acids is 1. The lowest BCUT2D eigenvalue weighted by atomic mass is 10.2. The summed E-state index contributed by atoms with van der Waals surface area (Å²) in [7, 11) is 0. The van der Waals surface area contributed by atoms with E-state index < -0.39 is 0 Å². The maximum atomic E-state index is 11.7.